The van der Waals surface area contributed by atoms with Crippen LogP contribution in [0.5, 0.6) is 0 Å². The number of carbonyl (C=O) groups excluding carboxylic acids is 2. The first-order chi connectivity index (χ1) is 16.1. The molecule has 2 amide bonds. The Morgan fingerprint density at radius 3 is 2.64 bits per heavy atom. The van der Waals surface area contributed by atoms with Gasteiger partial charge in [0.2, 0.25) is 5.91 Å². The van der Waals surface area contributed by atoms with Gasteiger partial charge in [0, 0.05) is 32.2 Å². The number of carbonyl (C=O) groups is 2. The number of hydrogen-bond donors (Lipinski definition) is 1. The molecule has 0 bridgehead atoms. The number of fused-ring (bicyclic) bond motifs is 1. The van der Waals surface area contributed by atoms with Gasteiger partial charge in [-0.3, -0.25) is 9.59 Å². The molecule has 5 rings (SSSR count). The third kappa shape index (κ3) is 4.79. The molecule has 2 fully saturated rings. The van der Waals surface area contributed by atoms with Gasteiger partial charge in [0.05, 0.1) is 31.3 Å². The Bertz CT molecular complexity index is 994. The van der Waals surface area contributed by atoms with E-state index in [9.17, 15) is 14.0 Å². The van der Waals surface area contributed by atoms with E-state index in [0.717, 1.165) is 30.7 Å². The number of nitrogens with zero attached hydrogens (tertiary/aromatic N) is 3. The second-order valence-corrected chi connectivity index (χ2v) is 8.99. The predicted octanol–water partition coefficient (Wildman–Crippen LogP) is 2.44. The molecule has 3 aliphatic rings. The molecule has 0 radical (unpaired) electrons. The van der Waals surface area contributed by atoms with Crippen LogP contribution >= 0.6 is 0 Å². The summed E-state index contributed by atoms with van der Waals surface area (Å²) >= 11 is 0. The molecular weight excluding hydrogens is 427 g/mol. The summed E-state index contributed by atoms with van der Waals surface area (Å²) in [5.74, 6) is -0.427. The fourth-order valence-electron chi connectivity index (χ4n) is 4.84. The minimum atomic E-state index is -0.283. The van der Waals surface area contributed by atoms with Crippen molar-refractivity contribution in [2.24, 2.45) is 5.92 Å². The van der Waals surface area contributed by atoms with E-state index in [0.29, 0.717) is 44.7 Å². The Kier molecular flexibility index (Phi) is 6.41. The van der Waals surface area contributed by atoms with Crippen LogP contribution in [0.3, 0.4) is 0 Å². The van der Waals surface area contributed by atoms with Gasteiger partial charge in [0.15, 0.2) is 5.69 Å². The molecule has 3 aliphatic heterocycles. The number of halogens is 1. The number of rotatable bonds is 5. The van der Waals surface area contributed by atoms with Gasteiger partial charge in [0.25, 0.3) is 5.91 Å². The normalized spacial score (nSPS) is 23.4. The maximum Gasteiger partial charge on any atom is 0.274 e. The first kappa shape index (κ1) is 22.0. The first-order valence-electron chi connectivity index (χ1n) is 11.7. The molecule has 4 heterocycles. The number of likely N-dealkylation sites (tertiary alicyclic amines) is 1. The highest BCUT2D eigenvalue weighted by Gasteiger charge is 2.32. The zero-order valence-corrected chi connectivity index (χ0v) is 18.5. The number of nitrogens with one attached hydrogen (secondary N) is 1. The molecule has 0 aliphatic carbocycles. The monoisotopic (exact) mass is 456 g/mol. The summed E-state index contributed by atoms with van der Waals surface area (Å²) in [5, 5.41) is 3.01. The first-order valence-corrected chi connectivity index (χ1v) is 11.7. The molecule has 8 nitrogen and oxygen atoms in total. The number of amides is 2. The fraction of sp³-hybridized carbons (Fsp3) is 0.542. The average molecular weight is 457 g/mol. The van der Waals surface area contributed by atoms with Crippen molar-refractivity contribution in [2.75, 3.05) is 26.2 Å². The van der Waals surface area contributed by atoms with Crippen molar-refractivity contribution in [3.63, 3.8) is 0 Å². The van der Waals surface area contributed by atoms with Crippen molar-refractivity contribution in [1.82, 2.24) is 19.8 Å². The minimum absolute atomic E-state index is 0.0530. The van der Waals surface area contributed by atoms with Crippen LogP contribution in [0.4, 0.5) is 4.39 Å². The van der Waals surface area contributed by atoms with E-state index in [1.54, 1.807) is 23.4 Å². The summed E-state index contributed by atoms with van der Waals surface area (Å²) in [6.45, 7) is 3.19. The Morgan fingerprint density at radius 1 is 1.12 bits per heavy atom. The summed E-state index contributed by atoms with van der Waals surface area (Å²) in [4.78, 5) is 31.8. The Hall–Kier alpha value is -2.78. The summed E-state index contributed by atoms with van der Waals surface area (Å²) in [6, 6.07) is 6.27. The molecule has 2 atom stereocenters. The van der Waals surface area contributed by atoms with Gasteiger partial charge in [-0.15, -0.1) is 0 Å². The maximum atomic E-state index is 13.2. The number of benzene rings is 1. The van der Waals surface area contributed by atoms with Crippen LogP contribution in [0.1, 0.15) is 53.5 Å². The highest BCUT2D eigenvalue weighted by molar-refractivity contribution is 5.93. The van der Waals surface area contributed by atoms with E-state index < -0.39 is 0 Å². The molecule has 0 spiro atoms. The second-order valence-electron chi connectivity index (χ2n) is 8.99. The standard InChI is InChI=1S/C24H29FN4O4/c25-18-5-3-16(4-6-18)21-13-29-15-27-22(20(29)14-33-21)24(31)28-9-7-17(8-10-28)23(30)26-12-19-2-1-11-32-19/h3-6,15,17,19,21H,1-2,7-14H2,(H,26,30)/t19-,21+/m1/s1. The predicted molar refractivity (Wildman–Crippen MR) is 117 cm³/mol. The Labute approximate surface area is 192 Å². The van der Waals surface area contributed by atoms with E-state index in [2.05, 4.69) is 10.3 Å². The maximum absolute atomic E-state index is 13.2. The van der Waals surface area contributed by atoms with E-state index in [-0.39, 0.29) is 42.4 Å². The largest absolute Gasteiger partial charge is 0.376 e. The Morgan fingerprint density at radius 2 is 1.91 bits per heavy atom. The lowest BCUT2D eigenvalue weighted by atomic mass is 9.95. The second kappa shape index (κ2) is 9.61. The quantitative estimate of drug-likeness (QED) is 0.747. The number of imidazole rings is 1. The van der Waals surface area contributed by atoms with Gasteiger partial charge < -0.3 is 24.3 Å². The van der Waals surface area contributed by atoms with Gasteiger partial charge in [-0.2, -0.15) is 0 Å². The van der Waals surface area contributed by atoms with Crippen molar-refractivity contribution < 1.29 is 23.5 Å². The van der Waals surface area contributed by atoms with Crippen LogP contribution in [0.25, 0.3) is 0 Å². The zero-order valence-electron chi connectivity index (χ0n) is 18.5. The summed E-state index contributed by atoms with van der Waals surface area (Å²) in [6.07, 6.45) is 4.93. The zero-order chi connectivity index (χ0) is 22.8. The van der Waals surface area contributed by atoms with Gasteiger partial charge in [-0.05, 0) is 43.4 Å². The lowest BCUT2D eigenvalue weighted by molar-refractivity contribution is -0.126. The van der Waals surface area contributed by atoms with Gasteiger partial charge in [0.1, 0.15) is 11.9 Å². The lowest BCUT2D eigenvalue weighted by Crippen LogP contribution is -2.44. The third-order valence-electron chi connectivity index (χ3n) is 6.86. The molecule has 176 valence electrons. The molecule has 1 aromatic carbocycles. The van der Waals surface area contributed by atoms with Crippen molar-refractivity contribution in [3.05, 3.63) is 53.4 Å². The average Bonchev–Trinajstić information content (AvgIpc) is 3.52. The summed E-state index contributed by atoms with van der Waals surface area (Å²) < 4.78 is 26.7. The van der Waals surface area contributed by atoms with Crippen LogP contribution < -0.4 is 5.32 Å². The van der Waals surface area contributed by atoms with Gasteiger partial charge >= 0.3 is 0 Å². The van der Waals surface area contributed by atoms with Crippen LogP contribution in [0, 0.1) is 11.7 Å². The fourth-order valence-corrected chi connectivity index (χ4v) is 4.84. The molecule has 2 saturated heterocycles. The molecule has 0 saturated carbocycles. The smallest absolute Gasteiger partial charge is 0.274 e. The molecule has 1 N–H and O–H groups in total. The Balaban J connectivity index is 1.15. The van der Waals surface area contributed by atoms with Crippen molar-refractivity contribution in [2.45, 2.75) is 51.0 Å². The number of aromatic nitrogens is 2. The topological polar surface area (TPSA) is 85.7 Å². The third-order valence-corrected chi connectivity index (χ3v) is 6.86. The highest BCUT2D eigenvalue weighted by Crippen LogP contribution is 2.29. The number of hydrogen-bond acceptors (Lipinski definition) is 5. The van der Waals surface area contributed by atoms with E-state index in [4.69, 9.17) is 9.47 Å². The van der Waals surface area contributed by atoms with Crippen LogP contribution in [-0.4, -0.2) is 58.6 Å². The van der Waals surface area contributed by atoms with Crippen molar-refractivity contribution in [1.29, 1.82) is 0 Å². The summed E-state index contributed by atoms with van der Waals surface area (Å²) in [7, 11) is 0. The van der Waals surface area contributed by atoms with E-state index in [1.165, 1.54) is 12.1 Å². The van der Waals surface area contributed by atoms with Crippen LogP contribution in [0.15, 0.2) is 30.6 Å². The minimum Gasteiger partial charge on any atom is -0.376 e. The molecule has 1 aromatic heterocycles. The molecule has 0 unspecified atom stereocenters. The van der Waals surface area contributed by atoms with Crippen LogP contribution in [-0.2, 0) is 27.4 Å². The number of ether oxygens (including phenoxy) is 2. The van der Waals surface area contributed by atoms with E-state index in [1.807, 2.05) is 4.57 Å². The van der Waals surface area contributed by atoms with Gasteiger partial charge in [-0.1, -0.05) is 12.1 Å². The molecule has 9 heteroatoms. The van der Waals surface area contributed by atoms with Crippen molar-refractivity contribution >= 4 is 11.8 Å². The highest BCUT2D eigenvalue weighted by atomic mass is 19.1. The summed E-state index contributed by atoms with van der Waals surface area (Å²) in [5.41, 5.74) is 2.06. The molecule has 2 aromatic rings. The van der Waals surface area contributed by atoms with Crippen molar-refractivity contribution in [3.8, 4) is 0 Å². The lowest BCUT2D eigenvalue weighted by Gasteiger charge is -2.32. The van der Waals surface area contributed by atoms with Crippen LogP contribution in [0.2, 0.25) is 0 Å². The van der Waals surface area contributed by atoms with Gasteiger partial charge in [-0.25, -0.2) is 9.37 Å². The van der Waals surface area contributed by atoms with E-state index >= 15 is 0 Å². The SMILES string of the molecule is O=C(NC[C@H]1CCCO1)C1CCN(C(=O)c2ncn3c2CO[C@H](c2ccc(F)cc2)C3)CC1. The molecular formula is C24H29FN4O4. The number of piperidine rings is 1. The molecule has 33 heavy (non-hydrogen) atoms.